The lowest BCUT2D eigenvalue weighted by atomic mass is 10.0. The first-order chi connectivity index (χ1) is 29.0. The first-order valence-electron chi connectivity index (χ1n) is 25.4. The smallest absolute Gasteiger partial charge is 0.306 e. The van der Waals surface area contributed by atoms with Crippen molar-refractivity contribution in [2.24, 2.45) is 0 Å². The molecule has 0 heterocycles. The van der Waals surface area contributed by atoms with E-state index < -0.39 is 18.2 Å². The zero-order valence-electron chi connectivity index (χ0n) is 39.1. The van der Waals surface area contributed by atoms with Gasteiger partial charge >= 0.3 is 5.97 Å². The van der Waals surface area contributed by atoms with Crippen LogP contribution in [-0.4, -0.2) is 46.9 Å². The minimum Gasteiger partial charge on any atom is -0.462 e. The third-order valence-corrected chi connectivity index (χ3v) is 11.4. The Labute approximate surface area is 366 Å². The third-order valence-electron chi connectivity index (χ3n) is 11.4. The lowest BCUT2D eigenvalue weighted by molar-refractivity contribution is -0.151. The lowest BCUT2D eigenvalue weighted by Gasteiger charge is -2.24. The summed E-state index contributed by atoms with van der Waals surface area (Å²) in [4.78, 5) is 26.1. The van der Waals surface area contributed by atoms with Crippen LogP contribution in [0.2, 0.25) is 0 Å². The monoisotopic (exact) mass is 828 g/mol. The molecule has 0 aliphatic rings. The largest absolute Gasteiger partial charge is 0.462 e. The Kier molecular flexibility index (Phi) is 45.1. The molecule has 1 amide bonds. The summed E-state index contributed by atoms with van der Waals surface area (Å²) >= 11 is 0. The van der Waals surface area contributed by atoms with Crippen LogP contribution in [0.5, 0.6) is 0 Å². The maximum atomic E-state index is 13.2. The number of nitrogens with one attached hydrogen (secondary N) is 1. The maximum Gasteiger partial charge on any atom is 0.306 e. The van der Waals surface area contributed by atoms with Gasteiger partial charge in [-0.15, -0.1) is 0 Å². The number of hydrogen-bond acceptors (Lipinski definition) is 5. The summed E-state index contributed by atoms with van der Waals surface area (Å²) in [6.45, 7) is 6.35. The van der Waals surface area contributed by atoms with Crippen molar-refractivity contribution >= 4 is 11.9 Å². The molecule has 0 aromatic rings. The first-order valence-corrected chi connectivity index (χ1v) is 25.4. The van der Waals surface area contributed by atoms with Crippen LogP contribution in [0.15, 0.2) is 48.6 Å². The number of esters is 1. The quantitative estimate of drug-likeness (QED) is 0.0323. The summed E-state index contributed by atoms with van der Waals surface area (Å²) in [6.07, 6.45) is 56.0. The molecule has 0 spiro atoms. The van der Waals surface area contributed by atoms with Crippen molar-refractivity contribution in [3.05, 3.63) is 48.6 Å². The van der Waals surface area contributed by atoms with Crippen LogP contribution in [0, 0.1) is 0 Å². The summed E-state index contributed by atoms with van der Waals surface area (Å²) < 4.78 is 5.89. The second-order valence-electron chi connectivity index (χ2n) is 17.2. The van der Waals surface area contributed by atoms with Gasteiger partial charge in [-0.2, -0.15) is 0 Å². The number of hydrogen-bond donors (Lipinski definition) is 3. The van der Waals surface area contributed by atoms with Crippen molar-refractivity contribution in [2.45, 2.75) is 270 Å². The highest BCUT2D eigenvalue weighted by atomic mass is 16.5. The van der Waals surface area contributed by atoms with Crippen molar-refractivity contribution in [1.82, 2.24) is 5.32 Å². The van der Waals surface area contributed by atoms with Crippen LogP contribution < -0.4 is 5.32 Å². The van der Waals surface area contributed by atoms with Gasteiger partial charge in [0.2, 0.25) is 5.91 Å². The molecule has 0 aliphatic heterocycles. The Morgan fingerprint density at radius 2 is 0.915 bits per heavy atom. The van der Waals surface area contributed by atoms with Crippen molar-refractivity contribution in [2.75, 3.05) is 6.61 Å². The van der Waals surface area contributed by atoms with Gasteiger partial charge in [0.1, 0.15) is 6.10 Å². The number of unbranched alkanes of at least 4 members (excludes halogenated alkanes) is 25. The highest BCUT2D eigenvalue weighted by Crippen LogP contribution is 2.17. The molecule has 0 aromatic carbocycles. The van der Waals surface area contributed by atoms with E-state index in [0.717, 1.165) is 89.9 Å². The maximum absolute atomic E-state index is 13.2. The van der Waals surface area contributed by atoms with Crippen molar-refractivity contribution in [3.63, 3.8) is 0 Å². The van der Waals surface area contributed by atoms with E-state index in [0.29, 0.717) is 19.3 Å². The molecule has 0 rings (SSSR count). The molecule has 3 atom stereocenters. The zero-order chi connectivity index (χ0) is 43.1. The van der Waals surface area contributed by atoms with E-state index in [4.69, 9.17) is 4.74 Å². The number of rotatable bonds is 45. The van der Waals surface area contributed by atoms with E-state index in [1.165, 1.54) is 116 Å². The molecule has 0 saturated carbocycles. The van der Waals surface area contributed by atoms with Crippen LogP contribution in [0.1, 0.15) is 252 Å². The molecule has 0 aromatic heterocycles. The second-order valence-corrected chi connectivity index (χ2v) is 17.2. The van der Waals surface area contributed by atoms with Crippen LogP contribution in [-0.2, 0) is 14.3 Å². The normalized spacial score (nSPS) is 13.6. The van der Waals surface area contributed by atoms with Crippen LogP contribution in [0.4, 0.5) is 0 Å². The van der Waals surface area contributed by atoms with Crippen molar-refractivity contribution < 1.29 is 24.5 Å². The number of aliphatic hydroxyl groups is 2. The molecule has 6 heteroatoms. The first kappa shape index (κ1) is 56.8. The molecule has 0 bridgehead atoms. The van der Waals surface area contributed by atoms with E-state index in [1.807, 2.05) is 0 Å². The van der Waals surface area contributed by atoms with Crippen molar-refractivity contribution in [3.8, 4) is 0 Å². The number of allylic oxidation sites excluding steroid dienone is 8. The fourth-order valence-corrected chi connectivity index (χ4v) is 7.56. The molecule has 0 fully saturated rings. The Morgan fingerprint density at radius 3 is 1.42 bits per heavy atom. The summed E-state index contributed by atoms with van der Waals surface area (Å²) in [5.41, 5.74) is 0. The van der Waals surface area contributed by atoms with Gasteiger partial charge < -0.3 is 20.3 Å². The molecule has 0 radical (unpaired) electrons. The number of amides is 1. The van der Waals surface area contributed by atoms with Gasteiger partial charge in [-0.3, -0.25) is 9.59 Å². The fourth-order valence-electron chi connectivity index (χ4n) is 7.56. The molecule has 3 unspecified atom stereocenters. The third kappa shape index (κ3) is 42.3. The predicted octanol–water partition coefficient (Wildman–Crippen LogP) is 15.1. The highest BCUT2D eigenvalue weighted by molar-refractivity contribution is 5.77. The standard InChI is InChI=1S/C53H97NO5/c1-4-7-10-13-16-19-22-25-26-28-30-33-36-39-42-45-51(56)50(48-55)54-52(57)47-49(44-41-38-35-32-29-24-21-18-15-12-9-6-3)59-53(58)46-43-40-37-34-31-27-23-20-17-14-11-8-5-2/h9,12,18,21,27,29,31-32,49-51,55-56H,4-8,10-11,13-17,19-20,22-26,28,30,33-48H2,1-3H3,(H,54,57)/b12-9+,21-18+,31-27-,32-29+. The number of carbonyl (C=O) groups is 2. The minimum atomic E-state index is -0.799. The molecule has 3 N–H and O–H groups in total. The van der Waals surface area contributed by atoms with Gasteiger partial charge in [0.25, 0.3) is 0 Å². The summed E-state index contributed by atoms with van der Waals surface area (Å²) in [6, 6.07) is -0.716. The molecular weight excluding hydrogens is 731 g/mol. The van der Waals surface area contributed by atoms with E-state index >= 15 is 0 Å². The Hall–Kier alpha value is -2.18. The number of aliphatic hydroxyl groups excluding tert-OH is 2. The number of carbonyl (C=O) groups excluding carboxylic acids is 2. The molecular formula is C53H97NO5. The summed E-state index contributed by atoms with van der Waals surface area (Å²) in [5, 5.41) is 23.7. The van der Waals surface area contributed by atoms with E-state index in [-0.39, 0.29) is 24.9 Å². The van der Waals surface area contributed by atoms with Gasteiger partial charge in [-0.25, -0.2) is 0 Å². The summed E-state index contributed by atoms with van der Waals surface area (Å²) in [5.74, 6) is -0.528. The minimum absolute atomic E-state index is 0.0461. The topological polar surface area (TPSA) is 95.9 Å². The van der Waals surface area contributed by atoms with Crippen LogP contribution >= 0.6 is 0 Å². The average Bonchev–Trinajstić information content (AvgIpc) is 3.23. The Bertz CT molecular complexity index is 1020. The second kappa shape index (κ2) is 46.9. The molecule has 59 heavy (non-hydrogen) atoms. The van der Waals surface area contributed by atoms with E-state index in [1.54, 1.807) is 0 Å². The molecule has 0 aliphatic carbocycles. The van der Waals surface area contributed by atoms with Gasteiger partial charge in [0.15, 0.2) is 0 Å². The SMILES string of the molecule is CC/C=C/C/C=C/C/C=C/CCCCC(CC(=O)NC(CO)C(O)CCCCCCCCCCCCCCCCC)OC(=O)CCCCC/C=C\CCCCCCCC. The lowest BCUT2D eigenvalue weighted by Crippen LogP contribution is -2.46. The van der Waals surface area contributed by atoms with Gasteiger partial charge in [0, 0.05) is 6.42 Å². The Morgan fingerprint density at radius 1 is 0.508 bits per heavy atom. The zero-order valence-corrected chi connectivity index (χ0v) is 39.1. The van der Waals surface area contributed by atoms with Crippen LogP contribution in [0.25, 0.3) is 0 Å². The Balaban J connectivity index is 4.59. The van der Waals surface area contributed by atoms with Gasteiger partial charge in [0.05, 0.1) is 25.2 Å². The number of ether oxygens (including phenoxy) is 1. The fraction of sp³-hybridized carbons (Fsp3) is 0.811. The summed E-state index contributed by atoms with van der Waals surface area (Å²) in [7, 11) is 0. The van der Waals surface area contributed by atoms with Gasteiger partial charge in [-0.1, -0.05) is 204 Å². The van der Waals surface area contributed by atoms with Crippen molar-refractivity contribution in [1.29, 1.82) is 0 Å². The molecule has 6 nitrogen and oxygen atoms in total. The highest BCUT2D eigenvalue weighted by Gasteiger charge is 2.24. The molecule has 0 saturated heterocycles. The predicted molar refractivity (Wildman–Crippen MR) is 255 cm³/mol. The van der Waals surface area contributed by atoms with Gasteiger partial charge in [-0.05, 0) is 83.5 Å². The van der Waals surface area contributed by atoms with E-state index in [2.05, 4.69) is 74.7 Å². The van der Waals surface area contributed by atoms with Crippen LogP contribution in [0.3, 0.4) is 0 Å². The molecule has 344 valence electrons. The van der Waals surface area contributed by atoms with E-state index in [9.17, 15) is 19.8 Å². The average molecular weight is 828 g/mol.